The van der Waals surface area contributed by atoms with Crippen LogP contribution in [0.25, 0.3) is 0 Å². The fourth-order valence-corrected chi connectivity index (χ4v) is 3.55. The lowest BCUT2D eigenvalue weighted by atomic mass is 10.0. The predicted molar refractivity (Wildman–Crippen MR) is 113 cm³/mol. The first-order valence-corrected chi connectivity index (χ1v) is 10.5. The normalized spacial score (nSPS) is 18.1. The lowest BCUT2D eigenvalue weighted by molar-refractivity contribution is 0.203. The minimum absolute atomic E-state index is 0.227. The third kappa shape index (κ3) is 7.14. The van der Waals surface area contributed by atoms with Crippen LogP contribution >= 0.6 is 0 Å². The zero-order valence-corrected chi connectivity index (χ0v) is 17.9. The second kappa shape index (κ2) is 11.3. The van der Waals surface area contributed by atoms with E-state index in [9.17, 15) is 0 Å². The van der Waals surface area contributed by atoms with Crippen molar-refractivity contribution in [1.29, 1.82) is 0 Å². The Bertz CT molecular complexity index is 558. The van der Waals surface area contributed by atoms with Gasteiger partial charge in [0.15, 0.2) is 5.96 Å². The molecule has 1 aliphatic rings. The molecule has 1 saturated heterocycles. The molecule has 27 heavy (non-hydrogen) atoms. The lowest BCUT2D eigenvalue weighted by Gasteiger charge is -2.33. The topological polar surface area (TPSA) is 60.7 Å². The molecule has 7 heteroatoms. The summed E-state index contributed by atoms with van der Waals surface area (Å²) in [6.45, 7) is 9.59. The second-order valence-electron chi connectivity index (χ2n) is 7.76. The minimum Gasteiger partial charge on any atom is -0.357 e. The first-order chi connectivity index (χ1) is 13.0. The van der Waals surface area contributed by atoms with Crippen LogP contribution in [0.4, 0.5) is 0 Å². The number of nitrogens with one attached hydrogen (secondary N) is 2. The molecule has 154 valence electrons. The number of aryl methyl sites for hydroxylation is 1. The van der Waals surface area contributed by atoms with Crippen molar-refractivity contribution in [3.05, 3.63) is 18.0 Å². The number of guanidine groups is 1. The van der Waals surface area contributed by atoms with Gasteiger partial charge in [0.05, 0.1) is 18.8 Å². The van der Waals surface area contributed by atoms with Crippen LogP contribution in [0.15, 0.2) is 17.4 Å². The van der Waals surface area contributed by atoms with Gasteiger partial charge in [0.25, 0.3) is 0 Å². The molecule has 2 rings (SSSR count). The van der Waals surface area contributed by atoms with Gasteiger partial charge in [-0.3, -0.25) is 9.67 Å². The highest BCUT2D eigenvalue weighted by Crippen LogP contribution is 2.17. The third-order valence-electron chi connectivity index (χ3n) is 5.26. The number of likely N-dealkylation sites (N-methyl/N-ethyl adjacent to an activating group) is 1. The maximum atomic E-state index is 4.89. The van der Waals surface area contributed by atoms with E-state index in [1.807, 2.05) is 17.9 Å². The minimum atomic E-state index is 0.227. The summed E-state index contributed by atoms with van der Waals surface area (Å²) in [4.78, 5) is 9.68. The molecule has 0 radical (unpaired) electrons. The van der Waals surface area contributed by atoms with Crippen LogP contribution in [0.5, 0.6) is 0 Å². The number of aromatic nitrogens is 2. The third-order valence-corrected chi connectivity index (χ3v) is 5.26. The fourth-order valence-electron chi connectivity index (χ4n) is 3.55. The molecule has 0 aliphatic carbocycles. The van der Waals surface area contributed by atoms with Gasteiger partial charge in [0.1, 0.15) is 0 Å². The smallest absolute Gasteiger partial charge is 0.191 e. The zero-order chi connectivity index (χ0) is 19.6. The van der Waals surface area contributed by atoms with Gasteiger partial charge in [-0.05, 0) is 46.8 Å². The molecule has 1 aromatic rings. The highest BCUT2D eigenvalue weighted by Gasteiger charge is 2.20. The van der Waals surface area contributed by atoms with Crippen molar-refractivity contribution in [1.82, 2.24) is 30.2 Å². The van der Waals surface area contributed by atoms with E-state index in [0.717, 1.165) is 12.5 Å². The van der Waals surface area contributed by atoms with Gasteiger partial charge in [-0.15, -0.1) is 0 Å². The van der Waals surface area contributed by atoms with E-state index in [1.54, 1.807) is 0 Å². The van der Waals surface area contributed by atoms with Crippen LogP contribution in [0.1, 0.15) is 51.1 Å². The summed E-state index contributed by atoms with van der Waals surface area (Å²) in [5.41, 5.74) is 1.20. The Morgan fingerprint density at radius 1 is 1.33 bits per heavy atom. The fraction of sp³-hybridized carbons (Fsp3) is 0.800. The Balaban J connectivity index is 1.91. The molecule has 1 unspecified atom stereocenters. The van der Waals surface area contributed by atoms with Crippen LogP contribution in [-0.4, -0.2) is 78.4 Å². The Hall–Kier alpha value is -1.60. The number of piperidine rings is 1. The number of rotatable bonds is 9. The van der Waals surface area contributed by atoms with Crippen LogP contribution in [-0.2, 0) is 7.05 Å². The van der Waals surface area contributed by atoms with E-state index in [-0.39, 0.29) is 6.04 Å². The van der Waals surface area contributed by atoms with Crippen molar-refractivity contribution in [2.45, 2.75) is 51.6 Å². The van der Waals surface area contributed by atoms with Crippen molar-refractivity contribution >= 4 is 5.96 Å². The van der Waals surface area contributed by atoms with Crippen molar-refractivity contribution in [3.8, 4) is 0 Å². The van der Waals surface area contributed by atoms with Crippen LogP contribution in [0, 0.1) is 0 Å². The Morgan fingerprint density at radius 3 is 2.63 bits per heavy atom. The highest BCUT2D eigenvalue weighted by atomic mass is 15.3. The molecule has 2 N–H and O–H groups in total. The van der Waals surface area contributed by atoms with Gasteiger partial charge in [0, 0.05) is 44.5 Å². The van der Waals surface area contributed by atoms with Crippen LogP contribution in [0.2, 0.25) is 0 Å². The monoisotopic (exact) mass is 377 g/mol. The molecule has 0 saturated carbocycles. The largest absolute Gasteiger partial charge is 0.357 e. The number of unbranched alkanes of at least 4 members (excludes halogenated alkanes) is 1. The zero-order valence-electron chi connectivity index (χ0n) is 17.9. The summed E-state index contributed by atoms with van der Waals surface area (Å²) >= 11 is 0. The van der Waals surface area contributed by atoms with E-state index in [0.29, 0.717) is 12.6 Å². The number of likely N-dealkylation sites (tertiary alicyclic amines) is 1. The van der Waals surface area contributed by atoms with E-state index in [4.69, 9.17) is 4.99 Å². The van der Waals surface area contributed by atoms with E-state index < -0.39 is 0 Å². The number of hydrogen-bond donors (Lipinski definition) is 2. The quantitative estimate of drug-likeness (QED) is 0.508. The van der Waals surface area contributed by atoms with Gasteiger partial charge in [-0.2, -0.15) is 5.10 Å². The summed E-state index contributed by atoms with van der Waals surface area (Å²) in [6, 6.07) is 0.738. The molecule has 1 aromatic heterocycles. The average Bonchev–Trinajstić information content (AvgIpc) is 3.07. The maximum absolute atomic E-state index is 4.89. The molecule has 0 bridgehead atoms. The second-order valence-corrected chi connectivity index (χ2v) is 7.76. The molecule has 1 fully saturated rings. The number of aliphatic imine (C=N–C) groups is 1. The molecular weight excluding hydrogens is 338 g/mol. The molecule has 2 heterocycles. The van der Waals surface area contributed by atoms with Gasteiger partial charge in [-0.1, -0.05) is 13.3 Å². The molecule has 0 spiro atoms. The predicted octanol–water partition coefficient (Wildman–Crippen LogP) is 1.84. The summed E-state index contributed by atoms with van der Waals surface area (Å²) in [7, 11) is 6.15. The lowest BCUT2D eigenvalue weighted by Crippen LogP contribution is -2.49. The number of nitrogens with zero attached hydrogens (tertiary/aromatic N) is 5. The first kappa shape index (κ1) is 21.7. The Morgan fingerprint density at radius 2 is 2.07 bits per heavy atom. The summed E-state index contributed by atoms with van der Waals surface area (Å²) in [5.74, 6) is 0.931. The Kier molecular flexibility index (Phi) is 9.07. The standard InChI is InChI=1S/C20H39N7/c1-6-8-11-27-12-9-18(10-13-27)24-20(21-7-2)22-15-19(25(3)4)17-14-23-26(5)16-17/h14,16,18-19H,6-13,15H2,1-5H3,(H2,21,22,24). The van der Waals surface area contributed by atoms with Crippen LogP contribution < -0.4 is 10.6 Å². The molecule has 0 amide bonds. The SMILES string of the molecule is CCCCN1CCC(NC(=NCC(c2cnn(C)c2)N(C)C)NCC)CC1. The summed E-state index contributed by atoms with van der Waals surface area (Å²) in [6.07, 6.45) is 8.97. The van der Waals surface area contributed by atoms with Crippen molar-refractivity contribution in [2.75, 3.05) is 46.8 Å². The van der Waals surface area contributed by atoms with Gasteiger partial charge in [-0.25, -0.2) is 0 Å². The summed E-state index contributed by atoms with van der Waals surface area (Å²) in [5, 5.41) is 11.4. The van der Waals surface area contributed by atoms with E-state index >= 15 is 0 Å². The van der Waals surface area contributed by atoms with Gasteiger partial charge in [0.2, 0.25) is 0 Å². The Labute approximate surface area is 165 Å². The molecular formula is C20H39N7. The molecule has 1 atom stereocenters. The first-order valence-electron chi connectivity index (χ1n) is 10.5. The van der Waals surface area contributed by atoms with Gasteiger partial charge < -0.3 is 20.4 Å². The highest BCUT2D eigenvalue weighted by molar-refractivity contribution is 5.80. The van der Waals surface area contributed by atoms with E-state index in [1.165, 1.54) is 50.9 Å². The van der Waals surface area contributed by atoms with E-state index in [2.05, 4.69) is 59.7 Å². The van der Waals surface area contributed by atoms with Crippen molar-refractivity contribution in [3.63, 3.8) is 0 Å². The average molecular weight is 378 g/mol. The van der Waals surface area contributed by atoms with Crippen molar-refractivity contribution in [2.24, 2.45) is 12.0 Å². The molecule has 1 aliphatic heterocycles. The van der Waals surface area contributed by atoms with Crippen molar-refractivity contribution < 1.29 is 0 Å². The molecule has 7 nitrogen and oxygen atoms in total. The molecule has 0 aromatic carbocycles. The van der Waals surface area contributed by atoms with Gasteiger partial charge >= 0.3 is 0 Å². The summed E-state index contributed by atoms with van der Waals surface area (Å²) < 4.78 is 1.85. The maximum Gasteiger partial charge on any atom is 0.191 e. The number of hydrogen-bond acceptors (Lipinski definition) is 4. The van der Waals surface area contributed by atoms with Crippen LogP contribution in [0.3, 0.4) is 0 Å².